The highest BCUT2D eigenvalue weighted by molar-refractivity contribution is 6.83. The van der Waals surface area contributed by atoms with Crippen molar-refractivity contribution in [2.45, 2.75) is 58.7 Å². The molecule has 1 aliphatic rings. The van der Waals surface area contributed by atoms with E-state index in [1.54, 1.807) is 0 Å². The van der Waals surface area contributed by atoms with Crippen LogP contribution in [0.1, 0.15) is 61.4 Å². The van der Waals surface area contributed by atoms with E-state index in [4.69, 9.17) is 21.3 Å². The van der Waals surface area contributed by atoms with Crippen molar-refractivity contribution in [3.8, 4) is 11.4 Å². The molecule has 0 aliphatic carbocycles. The number of carbonyl (C=O) groups is 2. The number of carbonyl (C=O) groups excluding carboxylic acids is 2. The van der Waals surface area contributed by atoms with Gasteiger partial charge in [-0.25, -0.2) is 0 Å². The quantitative estimate of drug-likeness (QED) is 0.141. The largest absolute Gasteiger partial charge is 0.494 e. The van der Waals surface area contributed by atoms with Crippen molar-refractivity contribution in [3.05, 3.63) is 94.5 Å². The van der Waals surface area contributed by atoms with Gasteiger partial charge in [0.25, 0.3) is 0 Å². The van der Waals surface area contributed by atoms with E-state index in [9.17, 15) is 14.4 Å². The van der Waals surface area contributed by atoms with Gasteiger partial charge in [-0.2, -0.15) is 0 Å². The fourth-order valence-electron chi connectivity index (χ4n) is 5.36. The highest BCUT2D eigenvalue weighted by Crippen LogP contribution is 2.34. The molecule has 10 nitrogen and oxygen atoms in total. The van der Waals surface area contributed by atoms with Gasteiger partial charge in [-0.3, -0.25) is 19.1 Å². The number of hydrogen-bond donors (Lipinski definition) is 3. The zero-order valence-electron chi connectivity index (χ0n) is 26.5. The van der Waals surface area contributed by atoms with Crippen molar-refractivity contribution in [1.29, 1.82) is 0 Å². The highest BCUT2D eigenvalue weighted by Gasteiger charge is 2.30. The van der Waals surface area contributed by atoms with Gasteiger partial charge < -0.3 is 20.2 Å². The summed E-state index contributed by atoms with van der Waals surface area (Å²) in [6.45, 7) is 8.41. The van der Waals surface area contributed by atoms with E-state index in [0.717, 1.165) is 22.0 Å². The number of aryl methyl sites for hydroxylation is 1. The number of amides is 2. The number of anilines is 1. The van der Waals surface area contributed by atoms with Crippen LogP contribution in [0, 0.1) is 6.92 Å². The van der Waals surface area contributed by atoms with Crippen LogP contribution < -0.4 is 20.6 Å². The minimum Gasteiger partial charge on any atom is -0.494 e. The average Bonchev–Trinajstić information content (AvgIpc) is 3.34. The van der Waals surface area contributed by atoms with E-state index in [-0.39, 0.29) is 18.2 Å². The molecule has 0 radical (unpaired) electrons. The predicted octanol–water partition coefficient (Wildman–Crippen LogP) is 5.24. The molecular weight excluding hydrogens is 620 g/mol. The first kappa shape index (κ1) is 33.1. The Labute approximate surface area is 275 Å². The molecule has 240 valence electrons. The summed E-state index contributed by atoms with van der Waals surface area (Å²) in [5.41, 5.74) is 3.89. The van der Waals surface area contributed by atoms with Gasteiger partial charge in [-0.05, 0) is 87.4 Å². The normalized spacial score (nSPS) is 14.0. The van der Waals surface area contributed by atoms with Gasteiger partial charge in [0.2, 0.25) is 20.1 Å². The molecule has 46 heavy (non-hydrogen) atoms. The molecule has 1 atom stereocenters. The second-order valence-corrected chi connectivity index (χ2v) is 15.9. The zero-order valence-corrected chi connectivity index (χ0v) is 28.3. The molecule has 0 bridgehead atoms. The van der Waals surface area contributed by atoms with E-state index in [2.05, 4.69) is 20.8 Å². The van der Waals surface area contributed by atoms with E-state index in [0.29, 0.717) is 66.2 Å². The minimum atomic E-state index is -2.46. The molecule has 5 rings (SSSR count). The van der Waals surface area contributed by atoms with Crippen LogP contribution in [0.15, 0.2) is 71.7 Å². The molecule has 0 spiro atoms. The van der Waals surface area contributed by atoms with Crippen LogP contribution in [0.2, 0.25) is 18.1 Å². The van der Waals surface area contributed by atoms with E-state index < -0.39 is 14.4 Å². The average molecular weight is 659 g/mol. The second-order valence-electron chi connectivity index (χ2n) is 11.8. The van der Waals surface area contributed by atoms with Crippen molar-refractivity contribution in [3.63, 3.8) is 0 Å². The number of nitrogens with zero attached hydrogens (tertiary/aromatic N) is 4. The van der Waals surface area contributed by atoms with Gasteiger partial charge in [0.15, 0.2) is 5.82 Å². The summed E-state index contributed by atoms with van der Waals surface area (Å²) < 4.78 is 8.11. The SMILES string of the molecule is CCNC(=O)C[C@@H]1N=C(c2ccc(Cl)cc2)c2cc(OCCCCC(=O)Nc3cccc([Si](C)(C)O)c3)ccc2-n2c(C)nnc21. The Morgan fingerprint density at radius 1 is 1.02 bits per heavy atom. The molecule has 12 heteroatoms. The molecule has 1 aromatic heterocycles. The molecule has 2 amide bonds. The monoisotopic (exact) mass is 658 g/mol. The lowest BCUT2D eigenvalue weighted by molar-refractivity contribution is -0.121. The summed E-state index contributed by atoms with van der Waals surface area (Å²) in [4.78, 5) is 40.8. The number of nitrogens with one attached hydrogen (secondary N) is 2. The molecule has 4 aromatic rings. The molecule has 0 saturated heterocycles. The summed E-state index contributed by atoms with van der Waals surface area (Å²) in [6, 6.07) is 20.1. The third-order valence-corrected chi connectivity index (χ3v) is 9.66. The summed E-state index contributed by atoms with van der Waals surface area (Å²) in [6.07, 6.45) is 1.82. The number of fused-ring (bicyclic) bond motifs is 3. The number of halogens is 1. The Morgan fingerprint density at radius 3 is 2.54 bits per heavy atom. The van der Waals surface area contributed by atoms with Gasteiger partial charge in [-0.15, -0.1) is 10.2 Å². The van der Waals surface area contributed by atoms with E-state index in [1.807, 2.05) is 98.2 Å². The fraction of sp³-hybridized carbons (Fsp3) is 0.324. The third-order valence-electron chi connectivity index (χ3n) is 7.69. The Morgan fingerprint density at radius 2 is 1.80 bits per heavy atom. The van der Waals surface area contributed by atoms with E-state index in [1.165, 1.54) is 0 Å². The van der Waals surface area contributed by atoms with Crippen LogP contribution in [0.5, 0.6) is 5.75 Å². The Bertz CT molecular complexity index is 1750. The van der Waals surface area contributed by atoms with Crippen molar-refractivity contribution < 1.29 is 19.1 Å². The smallest absolute Gasteiger partial charge is 0.224 e. The van der Waals surface area contributed by atoms with Gasteiger partial charge >= 0.3 is 0 Å². The summed E-state index contributed by atoms with van der Waals surface area (Å²) in [5, 5.41) is 16.0. The van der Waals surface area contributed by atoms with Crippen LogP contribution in [0.25, 0.3) is 5.69 Å². The van der Waals surface area contributed by atoms with Crippen molar-refractivity contribution in [2.75, 3.05) is 18.5 Å². The van der Waals surface area contributed by atoms with Crippen LogP contribution in [0.4, 0.5) is 5.69 Å². The summed E-state index contributed by atoms with van der Waals surface area (Å²) >= 11 is 6.21. The number of rotatable bonds is 12. The van der Waals surface area contributed by atoms with Crippen LogP contribution >= 0.6 is 11.6 Å². The molecule has 0 saturated carbocycles. The summed E-state index contributed by atoms with van der Waals surface area (Å²) in [5.74, 6) is 1.74. The molecule has 3 aromatic carbocycles. The van der Waals surface area contributed by atoms with Gasteiger partial charge in [0, 0.05) is 34.8 Å². The van der Waals surface area contributed by atoms with E-state index >= 15 is 0 Å². The second kappa shape index (κ2) is 14.4. The number of unbranched alkanes of at least 4 members (excludes halogenated alkanes) is 1. The number of benzene rings is 3. The topological polar surface area (TPSA) is 131 Å². The number of aliphatic imine (C=N–C) groups is 1. The molecule has 2 heterocycles. The molecule has 3 N–H and O–H groups in total. The maximum atomic E-state index is 12.7. The zero-order chi connectivity index (χ0) is 32.8. The van der Waals surface area contributed by atoms with Crippen LogP contribution in [-0.4, -0.2) is 58.6 Å². The highest BCUT2D eigenvalue weighted by atomic mass is 35.5. The van der Waals surface area contributed by atoms with Crippen molar-refractivity contribution in [1.82, 2.24) is 20.1 Å². The standard InChI is InChI=1S/C34H39ClN6O4Si/c1-5-36-32(43)21-29-34-40-39-22(2)41(34)30-17-16-26(20-28(30)33(38-29)23-12-14-24(35)15-13-23)45-18-7-6-11-31(42)37-25-9-8-10-27(19-25)46(3,4)44/h8-10,12-17,19-20,29,44H,5-7,11,18,21H2,1-4H3,(H,36,43)(H,37,42)/t29-/m0/s1. The number of ether oxygens (including phenoxy) is 1. The molecule has 0 fully saturated rings. The lowest BCUT2D eigenvalue weighted by atomic mass is 10.00. The molecule has 1 aliphatic heterocycles. The molecular formula is C34H39ClN6O4Si. The maximum absolute atomic E-state index is 12.7. The Balaban J connectivity index is 1.31. The van der Waals surface area contributed by atoms with Gasteiger partial charge in [-0.1, -0.05) is 35.9 Å². The maximum Gasteiger partial charge on any atom is 0.224 e. The van der Waals surface area contributed by atoms with Gasteiger partial charge in [0.05, 0.1) is 24.4 Å². The number of aromatic nitrogens is 3. The molecule has 0 unspecified atom stereocenters. The Kier molecular flexibility index (Phi) is 10.3. The van der Waals surface area contributed by atoms with Gasteiger partial charge in [0.1, 0.15) is 17.6 Å². The first-order valence-electron chi connectivity index (χ1n) is 15.5. The lowest BCUT2D eigenvalue weighted by Crippen LogP contribution is -2.41. The lowest BCUT2D eigenvalue weighted by Gasteiger charge is -2.16. The minimum absolute atomic E-state index is 0.0781. The van der Waals surface area contributed by atoms with Crippen molar-refractivity contribution in [2.24, 2.45) is 4.99 Å². The first-order valence-corrected chi connectivity index (χ1v) is 18.8. The fourth-order valence-corrected chi connectivity index (χ4v) is 6.50. The van der Waals surface area contributed by atoms with Crippen molar-refractivity contribution >= 4 is 48.3 Å². The number of hydrogen-bond acceptors (Lipinski definition) is 7. The van der Waals surface area contributed by atoms with Crippen LogP contribution in [-0.2, 0) is 9.59 Å². The van der Waals surface area contributed by atoms with Crippen LogP contribution in [0.3, 0.4) is 0 Å². The Hall–Kier alpha value is -4.32. The summed E-state index contributed by atoms with van der Waals surface area (Å²) in [7, 11) is -2.46. The first-order chi connectivity index (χ1) is 22.0. The predicted molar refractivity (Wildman–Crippen MR) is 183 cm³/mol. The third kappa shape index (κ3) is 7.90.